The summed E-state index contributed by atoms with van der Waals surface area (Å²) in [5.74, 6) is 0.659. The van der Waals surface area contributed by atoms with E-state index < -0.39 is 0 Å². The zero-order chi connectivity index (χ0) is 16.3. The molecule has 2 amide bonds. The van der Waals surface area contributed by atoms with Gasteiger partial charge in [0.05, 0.1) is 6.54 Å². The maximum atomic E-state index is 12.1. The maximum absolute atomic E-state index is 12.1. The van der Waals surface area contributed by atoms with Crippen LogP contribution in [0.5, 0.6) is 11.5 Å². The molecule has 7 heteroatoms. The lowest BCUT2D eigenvalue weighted by molar-refractivity contribution is -0.120. The summed E-state index contributed by atoms with van der Waals surface area (Å²) in [6.07, 6.45) is 3.30. The van der Waals surface area contributed by atoms with Crippen LogP contribution in [-0.4, -0.2) is 44.3 Å². The van der Waals surface area contributed by atoms with E-state index in [2.05, 4.69) is 16.0 Å². The Morgan fingerprint density at radius 2 is 1.96 bits per heavy atom. The molecule has 0 atom stereocenters. The minimum atomic E-state index is -0.314. The first-order valence-corrected chi connectivity index (χ1v) is 7.75. The third kappa shape index (κ3) is 3.39. The van der Waals surface area contributed by atoms with Gasteiger partial charge in [-0.15, -0.1) is 0 Å². The molecule has 0 bridgehead atoms. The zero-order valence-electron chi connectivity index (χ0n) is 13.1. The number of ether oxygens (including phenoxy) is 2. The molecular formula is C16H21N3O4. The van der Waals surface area contributed by atoms with E-state index in [0.717, 1.165) is 12.8 Å². The number of carbonyl (C=O) groups is 2. The summed E-state index contributed by atoms with van der Waals surface area (Å²) in [7, 11) is 1.91. The van der Waals surface area contributed by atoms with Crippen molar-refractivity contribution in [2.45, 2.75) is 24.8 Å². The molecule has 7 nitrogen and oxygen atoms in total. The maximum Gasteiger partial charge on any atom is 0.251 e. The fourth-order valence-corrected chi connectivity index (χ4v) is 2.75. The fraction of sp³-hybridized carbons (Fsp3) is 0.500. The molecule has 23 heavy (non-hydrogen) atoms. The number of likely N-dealkylation sites (N-methyl/N-ethyl adjacent to an activating group) is 1. The van der Waals surface area contributed by atoms with Crippen molar-refractivity contribution in [1.82, 2.24) is 16.0 Å². The van der Waals surface area contributed by atoms with Gasteiger partial charge in [-0.3, -0.25) is 9.59 Å². The van der Waals surface area contributed by atoms with Gasteiger partial charge in [-0.05, 0) is 44.5 Å². The second-order valence-corrected chi connectivity index (χ2v) is 5.91. The van der Waals surface area contributed by atoms with Gasteiger partial charge < -0.3 is 25.4 Å². The van der Waals surface area contributed by atoms with Gasteiger partial charge in [0.1, 0.15) is 0 Å². The summed E-state index contributed by atoms with van der Waals surface area (Å²) in [5.41, 5.74) is 0.463. The molecule has 1 aliphatic heterocycles. The molecule has 0 saturated heterocycles. The Kier molecular flexibility index (Phi) is 4.38. The van der Waals surface area contributed by atoms with E-state index in [1.165, 1.54) is 6.42 Å². The van der Waals surface area contributed by atoms with Crippen molar-refractivity contribution in [3.63, 3.8) is 0 Å². The smallest absolute Gasteiger partial charge is 0.251 e. The molecule has 1 saturated carbocycles. The van der Waals surface area contributed by atoms with Gasteiger partial charge in [0.2, 0.25) is 12.7 Å². The first kappa shape index (κ1) is 15.6. The van der Waals surface area contributed by atoms with Gasteiger partial charge in [0.25, 0.3) is 5.91 Å². The first-order valence-electron chi connectivity index (χ1n) is 7.75. The van der Waals surface area contributed by atoms with Crippen molar-refractivity contribution in [3.05, 3.63) is 23.8 Å². The quantitative estimate of drug-likeness (QED) is 0.706. The Morgan fingerprint density at radius 3 is 2.65 bits per heavy atom. The number of benzene rings is 1. The largest absolute Gasteiger partial charge is 0.454 e. The second-order valence-electron chi connectivity index (χ2n) is 5.91. The lowest BCUT2D eigenvalue weighted by Crippen LogP contribution is -2.57. The van der Waals surface area contributed by atoms with Gasteiger partial charge in [0, 0.05) is 17.6 Å². The van der Waals surface area contributed by atoms with Crippen LogP contribution in [0, 0.1) is 0 Å². The predicted molar refractivity (Wildman–Crippen MR) is 83.5 cm³/mol. The Balaban J connectivity index is 1.46. The number of nitrogens with one attached hydrogen (secondary N) is 3. The predicted octanol–water partition coefficient (Wildman–Crippen LogP) is 0.403. The molecule has 1 aromatic rings. The molecule has 3 rings (SSSR count). The van der Waals surface area contributed by atoms with Crippen molar-refractivity contribution >= 4 is 11.8 Å². The lowest BCUT2D eigenvalue weighted by Gasteiger charge is -2.41. The van der Waals surface area contributed by atoms with E-state index in [9.17, 15) is 9.59 Å². The monoisotopic (exact) mass is 319 g/mol. The van der Waals surface area contributed by atoms with E-state index in [1.54, 1.807) is 18.2 Å². The first-order chi connectivity index (χ1) is 11.1. The Morgan fingerprint density at radius 1 is 1.17 bits per heavy atom. The second kappa shape index (κ2) is 6.45. The highest BCUT2D eigenvalue weighted by Crippen LogP contribution is 2.32. The van der Waals surface area contributed by atoms with Crippen LogP contribution in [-0.2, 0) is 4.79 Å². The van der Waals surface area contributed by atoms with Crippen LogP contribution in [0.15, 0.2) is 18.2 Å². The van der Waals surface area contributed by atoms with Crippen LogP contribution in [0.4, 0.5) is 0 Å². The summed E-state index contributed by atoms with van der Waals surface area (Å²) in [4.78, 5) is 23.9. The third-order valence-electron chi connectivity index (χ3n) is 4.51. The number of hydrogen-bond donors (Lipinski definition) is 3. The number of hydrogen-bond acceptors (Lipinski definition) is 5. The summed E-state index contributed by atoms with van der Waals surface area (Å²) in [6.45, 7) is 0.700. The van der Waals surface area contributed by atoms with E-state index in [-0.39, 0.29) is 30.7 Å². The SMILES string of the molecule is CNC1(CNC(=O)CNC(=O)c2ccc3c(c2)OCO3)CCC1. The van der Waals surface area contributed by atoms with Crippen molar-refractivity contribution in [3.8, 4) is 11.5 Å². The molecule has 0 radical (unpaired) electrons. The highest BCUT2D eigenvalue weighted by Gasteiger charge is 2.35. The minimum absolute atomic E-state index is 0.0248. The lowest BCUT2D eigenvalue weighted by atomic mass is 9.77. The van der Waals surface area contributed by atoms with Gasteiger partial charge >= 0.3 is 0 Å². The van der Waals surface area contributed by atoms with Crippen molar-refractivity contribution in [2.24, 2.45) is 0 Å². The summed E-state index contributed by atoms with van der Waals surface area (Å²) in [6, 6.07) is 4.94. The minimum Gasteiger partial charge on any atom is -0.454 e. The van der Waals surface area contributed by atoms with Gasteiger partial charge in [-0.2, -0.15) is 0 Å². The molecule has 124 valence electrons. The molecule has 3 N–H and O–H groups in total. The van der Waals surface area contributed by atoms with E-state index >= 15 is 0 Å². The average Bonchev–Trinajstić information content (AvgIpc) is 2.99. The summed E-state index contributed by atoms with van der Waals surface area (Å²) in [5, 5.41) is 8.73. The van der Waals surface area contributed by atoms with Gasteiger partial charge in [0.15, 0.2) is 11.5 Å². The van der Waals surface area contributed by atoms with Crippen LogP contribution in [0.1, 0.15) is 29.6 Å². The molecule has 1 aliphatic carbocycles. The number of fused-ring (bicyclic) bond motifs is 1. The van der Waals surface area contributed by atoms with E-state index in [4.69, 9.17) is 9.47 Å². The summed E-state index contributed by atoms with van der Waals surface area (Å²) >= 11 is 0. The molecular weight excluding hydrogens is 298 g/mol. The molecule has 1 heterocycles. The van der Waals surface area contributed by atoms with Crippen LogP contribution >= 0.6 is 0 Å². The zero-order valence-corrected chi connectivity index (χ0v) is 13.1. The normalized spacial score (nSPS) is 17.3. The number of amides is 2. The molecule has 1 fully saturated rings. The fourth-order valence-electron chi connectivity index (χ4n) is 2.75. The van der Waals surface area contributed by atoms with Crippen LogP contribution < -0.4 is 25.4 Å². The third-order valence-corrected chi connectivity index (χ3v) is 4.51. The molecule has 0 unspecified atom stereocenters. The highest BCUT2D eigenvalue weighted by molar-refractivity contribution is 5.97. The Hall–Kier alpha value is -2.28. The number of rotatable bonds is 6. The Labute approximate surface area is 134 Å². The highest BCUT2D eigenvalue weighted by atomic mass is 16.7. The molecule has 1 aromatic carbocycles. The van der Waals surface area contributed by atoms with Gasteiger partial charge in [-0.1, -0.05) is 0 Å². The van der Waals surface area contributed by atoms with Crippen molar-refractivity contribution in [1.29, 1.82) is 0 Å². The van der Waals surface area contributed by atoms with E-state index in [1.807, 2.05) is 7.05 Å². The van der Waals surface area contributed by atoms with Crippen LogP contribution in [0.3, 0.4) is 0 Å². The van der Waals surface area contributed by atoms with Crippen LogP contribution in [0.2, 0.25) is 0 Å². The molecule has 0 aromatic heterocycles. The Bertz CT molecular complexity index is 608. The van der Waals surface area contributed by atoms with Crippen molar-refractivity contribution in [2.75, 3.05) is 26.9 Å². The van der Waals surface area contributed by atoms with Gasteiger partial charge in [-0.25, -0.2) is 0 Å². The standard InChI is InChI=1S/C16H21N3O4/c1-17-16(5-2-6-16)9-19-14(20)8-18-15(21)11-3-4-12-13(7-11)23-10-22-12/h3-4,7,17H,2,5-6,8-10H2,1H3,(H,18,21)(H,19,20). The van der Waals surface area contributed by atoms with E-state index in [0.29, 0.717) is 23.6 Å². The summed E-state index contributed by atoms with van der Waals surface area (Å²) < 4.78 is 10.4. The molecule has 2 aliphatic rings. The topological polar surface area (TPSA) is 88.7 Å². The molecule has 0 spiro atoms. The van der Waals surface area contributed by atoms with Crippen molar-refractivity contribution < 1.29 is 19.1 Å². The van der Waals surface area contributed by atoms with Crippen LogP contribution in [0.25, 0.3) is 0 Å². The number of carbonyl (C=O) groups excluding carboxylic acids is 2. The average molecular weight is 319 g/mol.